The van der Waals surface area contributed by atoms with Crippen molar-refractivity contribution in [3.8, 4) is 0 Å². The van der Waals surface area contributed by atoms with Crippen molar-refractivity contribution in [2.75, 3.05) is 31.1 Å². The molecule has 0 spiro atoms. The molecule has 3 heterocycles. The van der Waals surface area contributed by atoms with E-state index in [1.165, 1.54) is 11.1 Å². The number of carbonyl (C=O) groups excluding carboxylic acids is 1. The van der Waals surface area contributed by atoms with E-state index in [-0.39, 0.29) is 5.91 Å². The van der Waals surface area contributed by atoms with Gasteiger partial charge in [0.05, 0.1) is 5.56 Å². The average Bonchev–Trinajstić information content (AvgIpc) is 2.54. The van der Waals surface area contributed by atoms with Crippen LogP contribution in [0.5, 0.6) is 0 Å². The number of hydrogen-bond donors (Lipinski definition) is 0. The second kappa shape index (κ2) is 6.36. The van der Waals surface area contributed by atoms with Crippen LogP contribution in [0.4, 0.5) is 5.82 Å². The number of hydrogen-bond acceptors (Lipinski definition) is 4. The maximum Gasteiger partial charge on any atom is 0.255 e. The van der Waals surface area contributed by atoms with Crippen LogP contribution in [0.1, 0.15) is 27.0 Å². The van der Waals surface area contributed by atoms with Crippen molar-refractivity contribution in [2.45, 2.75) is 20.8 Å². The Kier molecular flexibility index (Phi) is 4.28. The van der Waals surface area contributed by atoms with E-state index in [4.69, 9.17) is 0 Å². The predicted molar refractivity (Wildman–Crippen MR) is 90.8 cm³/mol. The van der Waals surface area contributed by atoms with E-state index in [1.54, 1.807) is 12.4 Å². The molecule has 23 heavy (non-hydrogen) atoms. The average molecular weight is 310 g/mol. The van der Waals surface area contributed by atoms with Crippen molar-refractivity contribution in [2.24, 2.45) is 0 Å². The number of aryl methyl sites for hydroxylation is 3. The van der Waals surface area contributed by atoms with Crippen molar-refractivity contribution in [3.05, 3.63) is 53.0 Å². The first-order valence-electron chi connectivity index (χ1n) is 7.94. The quantitative estimate of drug-likeness (QED) is 0.854. The van der Waals surface area contributed by atoms with Crippen LogP contribution in [0.2, 0.25) is 0 Å². The third-order valence-corrected chi connectivity index (χ3v) is 4.18. The molecular weight excluding hydrogens is 288 g/mol. The highest BCUT2D eigenvalue weighted by molar-refractivity contribution is 5.94. The highest BCUT2D eigenvalue weighted by atomic mass is 16.2. The molecule has 1 saturated heterocycles. The van der Waals surface area contributed by atoms with Gasteiger partial charge in [0.1, 0.15) is 5.82 Å². The highest BCUT2D eigenvalue weighted by Crippen LogP contribution is 2.20. The van der Waals surface area contributed by atoms with Crippen molar-refractivity contribution < 1.29 is 4.79 Å². The molecule has 0 N–H and O–H groups in total. The van der Waals surface area contributed by atoms with Crippen molar-refractivity contribution in [1.29, 1.82) is 0 Å². The summed E-state index contributed by atoms with van der Waals surface area (Å²) in [7, 11) is 0. The first-order valence-corrected chi connectivity index (χ1v) is 7.94. The lowest BCUT2D eigenvalue weighted by molar-refractivity contribution is 0.0746. The minimum atomic E-state index is 0.0643. The van der Waals surface area contributed by atoms with Crippen LogP contribution in [0, 0.1) is 20.8 Å². The minimum Gasteiger partial charge on any atom is -0.353 e. The third-order valence-electron chi connectivity index (χ3n) is 4.18. The summed E-state index contributed by atoms with van der Waals surface area (Å²) in [5.74, 6) is 1.09. The molecule has 0 radical (unpaired) electrons. The standard InChI is InChI=1S/C18H22N4O/c1-13-8-15(3)17(20-11-13)21-4-6-22(7-5-21)18(23)16-9-14(2)10-19-12-16/h8-12H,4-7H2,1-3H3. The molecule has 0 saturated carbocycles. The summed E-state index contributed by atoms with van der Waals surface area (Å²) in [5, 5.41) is 0. The van der Waals surface area contributed by atoms with E-state index in [1.807, 2.05) is 24.1 Å². The predicted octanol–water partition coefficient (Wildman–Crippen LogP) is 2.36. The number of amides is 1. The minimum absolute atomic E-state index is 0.0643. The number of anilines is 1. The third kappa shape index (κ3) is 3.33. The molecule has 1 aliphatic heterocycles. The molecule has 0 unspecified atom stereocenters. The zero-order valence-electron chi connectivity index (χ0n) is 13.9. The van der Waals surface area contributed by atoms with Crippen LogP contribution in [0.25, 0.3) is 0 Å². The van der Waals surface area contributed by atoms with E-state index >= 15 is 0 Å². The summed E-state index contributed by atoms with van der Waals surface area (Å²) >= 11 is 0. The molecule has 1 fully saturated rings. The smallest absolute Gasteiger partial charge is 0.255 e. The maximum atomic E-state index is 12.6. The zero-order chi connectivity index (χ0) is 16.4. The molecule has 1 aliphatic rings. The van der Waals surface area contributed by atoms with Crippen molar-refractivity contribution >= 4 is 11.7 Å². The van der Waals surface area contributed by atoms with E-state index in [0.717, 1.165) is 24.5 Å². The van der Waals surface area contributed by atoms with Gasteiger partial charge in [-0.3, -0.25) is 9.78 Å². The Hall–Kier alpha value is -2.43. The molecule has 2 aromatic heterocycles. The van der Waals surface area contributed by atoms with Gasteiger partial charge in [-0.15, -0.1) is 0 Å². The van der Waals surface area contributed by atoms with E-state index in [2.05, 4.69) is 34.8 Å². The number of aromatic nitrogens is 2. The summed E-state index contributed by atoms with van der Waals surface area (Å²) in [6, 6.07) is 4.05. The molecule has 5 heteroatoms. The van der Waals surface area contributed by atoms with Crippen LogP contribution in [-0.2, 0) is 0 Å². The van der Waals surface area contributed by atoms with Gasteiger partial charge in [-0.2, -0.15) is 0 Å². The highest BCUT2D eigenvalue weighted by Gasteiger charge is 2.23. The molecule has 5 nitrogen and oxygen atoms in total. The topological polar surface area (TPSA) is 49.3 Å². The summed E-state index contributed by atoms with van der Waals surface area (Å²) in [5.41, 5.74) is 4.04. The summed E-state index contributed by atoms with van der Waals surface area (Å²) in [6.07, 6.45) is 5.31. The molecule has 3 rings (SSSR count). The molecular formula is C18H22N4O. The van der Waals surface area contributed by atoms with Gasteiger partial charge in [0.2, 0.25) is 0 Å². The van der Waals surface area contributed by atoms with Crippen molar-refractivity contribution in [1.82, 2.24) is 14.9 Å². The molecule has 120 valence electrons. The Morgan fingerprint density at radius 1 is 0.957 bits per heavy atom. The number of carbonyl (C=O) groups is 1. The number of nitrogens with zero attached hydrogens (tertiary/aromatic N) is 4. The van der Waals surface area contributed by atoms with Gasteiger partial charge in [0, 0.05) is 44.8 Å². The summed E-state index contributed by atoms with van der Waals surface area (Å²) in [4.78, 5) is 25.4. The summed E-state index contributed by atoms with van der Waals surface area (Å²) in [6.45, 7) is 9.13. The number of pyridine rings is 2. The van der Waals surface area contributed by atoms with Crippen molar-refractivity contribution in [3.63, 3.8) is 0 Å². The molecule has 0 aliphatic carbocycles. The van der Waals surface area contributed by atoms with Crippen LogP contribution < -0.4 is 4.90 Å². The lowest BCUT2D eigenvalue weighted by Crippen LogP contribution is -2.49. The van der Waals surface area contributed by atoms with E-state index < -0.39 is 0 Å². The normalized spacial score (nSPS) is 14.9. The van der Waals surface area contributed by atoms with Crippen LogP contribution in [0.3, 0.4) is 0 Å². The second-order valence-electron chi connectivity index (χ2n) is 6.18. The largest absolute Gasteiger partial charge is 0.353 e. The molecule has 1 amide bonds. The van der Waals surface area contributed by atoms with Crippen LogP contribution >= 0.6 is 0 Å². The first kappa shape index (κ1) is 15.5. The van der Waals surface area contributed by atoms with Gasteiger partial charge < -0.3 is 9.80 Å². The molecule has 0 aromatic carbocycles. The van der Waals surface area contributed by atoms with Gasteiger partial charge >= 0.3 is 0 Å². The van der Waals surface area contributed by atoms with Gasteiger partial charge in [-0.25, -0.2) is 4.98 Å². The molecule has 2 aromatic rings. The fraction of sp³-hybridized carbons (Fsp3) is 0.389. The van der Waals surface area contributed by atoms with Gasteiger partial charge in [-0.05, 0) is 43.5 Å². The van der Waals surface area contributed by atoms with Crippen LogP contribution in [0.15, 0.2) is 30.7 Å². The summed E-state index contributed by atoms with van der Waals surface area (Å²) < 4.78 is 0. The van der Waals surface area contributed by atoms with Gasteiger partial charge in [0.15, 0.2) is 0 Å². The second-order valence-corrected chi connectivity index (χ2v) is 6.18. The van der Waals surface area contributed by atoms with E-state index in [9.17, 15) is 4.79 Å². The fourth-order valence-corrected chi connectivity index (χ4v) is 3.01. The van der Waals surface area contributed by atoms with Gasteiger partial charge in [-0.1, -0.05) is 6.07 Å². The number of piperazine rings is 1. The Morgan fingerprint density at radius 3 is 2.30 bits per heavy atom. The monoisotopic (exact) mass is 310 g/mol. The Bertz CT molecular complexity index is 721. The van der Waals surface area contributed by atoms with Gasteiger partial charge in [0.25, 0.3) is 5.91 Å². The Labute approximate surface area is 137 Å². The van der Waals surface area contributed by atoms with E-state index in [0.29, 0.717) is 18.7 Å². The lowest BCUT2D eigenvalue weighted by Gasteiger charge is -2.36. The lowest BCUT2D eigenvalue weighted by atomic mass is 10.1. The Balaban J connectivity index is 1.67. The van der Waals surface area contributed by atoms with Crippen LogP contribution in [-0.4, -0.2) is 47.0 Å². The maximum absolute atomic E-state index is 12.6. The first-order chi connectivity index (χ1) is 11.0. The molecule has 0 atom stereocenters. The number of rotatable bonds is 2. The fourth-order valence-electron chi connectivity index (χ4n) is 3.01. The molecule has 0 bridgehead atoms. The Morgan fingerprint density at radius 2 is 1.65 bits per heavy atom. The SMILES string of the molecule is Cc1cncc(C(=O)N2CCN(c3ncc(C)cc3C)CC2)c1. The zero-order valence-corrected chi connectivity index (χ0v) is 13.9.